The molecular weight excluding hydrogens is 370 g/mol. The lowest BCUT2D eigenvalue weighted by atomic mass is 9.96. The van der Waals surface area contributed by atoms with Crippen LogP contribution in [0.3, 0.4) is 0 Å². The average molecular weight is 398 g/mol. The van der Waals surface area contributed by atoms with Crippen LogP contribution < -0.4 is 0 Å². The molecule has 0 unspecified atom stereocenters. The van der Waals surface area contributed by atoms with E-state index in [0.29, 0.717) is 19.1 Å². The van der Waals surface area contributed by atoms with Crippen LogP contribution in [0.4, 0.5) is 0 Å². The van der Waals surface area contributed by atoms with Crippen molar-refractivity contribution in [1.82, 2.24) is 14.7 Å². The molecule has 1 aromatic heterocycles. The monoisotopic (exact) mass is 397 g/mol. The number of nitrogens with zero attached hydrogens (tertiary/aromatic N) is 3. The van der Waals surface area contributed by atoms with Gasteiger partial charge in [0.25, 0.3) is 11.8 Å². The summed E-state index contributed by atoms with van der Waals surface area (Å²) in [6.45, 7) is 9.18. The maximum Gasteiger partial charge on any atom is 0.255 e. The molecule has 0 radical (unpaired) electrons. The summed E-state index contributed by atoms with van der Waals surface area (Å²) in [6, 6.07) is 8.40. The van der Waals surface area contributed by atoms with Crippen molar-refractivity contribution in [3.63, 3.8) is 0 Å². The zero-order valence-electron chi connectivity index (χ0n) is 16.6. The van der Waals surface area contributed by atoms with Crippen LogP contribution in [0.15, 0.2) is 35.0 Å². The highest BCUT2D eigenvalue weighted by atomic mass is 32.1. The Bertz CT molecular complexity index is 855. The van der Waals surface area contributed by atoms with Crippen LogP contribution in [0.2, 0.25) is 0 Å². The first-order valence-electron chi connectivity index (χ1n) is 9.99. The Kier molecular flexibility index (Phi) is 5.51. The van der Waals surface area contributed by atoms with Gasteiger partial charge in [0.1, 0.15) is 0 Å². The van der Waals surface area contributed by atoms with Crippen LogP contribution in [-0.2, 0) is 13.0 Å². The Balaban J connectivity index is 1.42. The summed E-state index contributed by atoms with van der Waals surface area (Å²) in [5.74, 6) is 0.220. The molecular formula is C22H27N3O2S. The van der Waals surface area contributed by atoms with Crippen molar-refractivity contribution in [2.45, 2.75) is 32.9 Å². The lowest BCUT2D eigenvalue weighted by Gasteiger charge is -2.37. The number of carbonyl (C=O) groups is 2. The minimum absolute atomic E-state index is 0.0927. The minimum atomic E-state index is 0.0927. The Morgan fingerprint density at radius 1 is 0.893 bits per heavy atom. The topological polar surface area (TPSA) is 43.9 Å². The van der Waals surface area contributed by atoms with Gasteiger partial charge in [0.15, 0.2) is 0 Å². The molecule has 0 saturated carbocycles. The van der Waals surface area contributed by atoms with E-state index < -0.39 is 0 Å². The second kappa shape index (κ2) is 8.05. The predicted molar refractivity (Wildman–Crippen MR) is 112 cm³/mol. The number of fused-ring (bicyclic) bond motifs is 1. The van der Waals surface area contributed by atoms with Crippen LogP contribution in [0, 0.1) is 0 Å². The number of piperazine rings is 1. The van der Waals surface area contributed by atoms with Gasteiger partial charge in [-0.15, -0.1) is 0 Å². The van der Waals surface area contributed by atoms with Crippen LogP contribution in [0.1, 0.15) is 45.7 Å². The standard InChI is InChI=1S/C22H27N3O2S/c1-16(2)23-8-10-24(11-9-23)21(26)18-3-4-19-14-25(7-5-17(19)13-18)22(27)20-6-12-28-15-20/h3-4,6,12-13,15-16H,5,7-11,14H2,1-2H3. The highest BCUT2D eigenvalue weighted by Crippen LogP contribution is 2.23. The fourth-order valence-corrected chi connectivity index (χ4v) is 4.68. The van der Waals surface area contributed by atoms with Gasteiger partial charge in [-0.1, -0.05) is 6.07 Å². The lowest BCUT2D eigenvalue weighted by molar-refractivity contribution is 0.0594. The maximum absolute atomic E-state index is 12.9. The highest BCUT2D eigenvalue weighted by molar-refractivity contribution is 7.08. The first-order valence-corrected chi connectivity index (χ1v) is 10.9. The van der Waals surface area contributed by atoms with Gasteiger partial charge in [0.2, 0.25) is 0 Å². The van der Waals surface area contributed by atoms with Gasteiger partial charge >= 0.3 is 0 Å². The second-order valence-electron chi connectivity index (χ2n) is 7.89. The SMILES string of the molecule is CC(C)N1CCN(C(=O)c2ccc3c(c2)CCN(C(=O)c2ccsc2)C3)CC1. The van der Waals surface area contributed by atoms with Gasteiger partial charge in [-0.3, -0.25) is 14.5 Å². The smallest absolute Gasteiger partial charge is 0.255 e. The van der Waals surface area contributed by atoms with Crippen LogP contribution in [0.5, 0.6) is 0 Å². The second-order valence-corrected chi connectivity index (χ2v) is 8.67. The number of benzene rings is 1. The van der Waals surface area contributed by atoms with Gasteiger partial charge in [-0.2, -0.15) is 11.3 Å². The van der Waals surface area contributed by atoms with Gasteiger partial charge in [0, 0.05) is 56.3 Å². The summed E-state index contributed by atoms with van der Waals surface area (Å²) in [5, 5.41) is 3.84. The van der Waals surface area contributed by atoms with Crippen molar-refractivity contribution >= 4 is 23.2 Å². The molecule has 2 aliphatic heterocycles. The molecule has 4 rings (SSSR count). The fourth-order valence-electron chi connectivity index (χ4n) is 4.05. The van der Waals surface area contributed by atoms with Crippen molar-refractivity contribution in [2.75, 3.05) is 32.7 Å². The van der Waals surface area contributed by atoms with Crippen molar-refractivity contribution < 1.29 is 9.59 Å². The molecule has 0 bridgehead atoms. The molecule has 1 saturated heterocycles. The van der Waals surface area contributed by atoms with Gasteiger partial charge < -0.3 is 9.80 Å². The third-order valence-electron chi connectivity index (χ3n) is 5.85. The predicted octanol–water partition coefficient (Wildman–Crippen LogP) is 3.11. The number of hydrogen-bond donors (Lipinski definition) is 0. The molecule has 148 valence electrons. The minimum Gasteiger partial charge on any atom is -0.336 e. The number of hydrogen-bond acceptors (Lipinski definition) is 4. The van der Waals surface area contributed by atoms with Crippen LogP contribution in [0.25, 0.3) is 0 Å². The van der Waals surface area contributed by atoms with E-state index in [1.165, 1.54) is 5.56 Å². The van der Waals surface area contributed by atoms with Gasteiger partial charge in [-0.25, -0.2) is 0 Å². The first-order chi connectivity index (χ1) is 13.5. The summed E-state index contributed by atoms with van der Waals surface area (Å²) in [4.78, 5) is 31.8. The molecule has 3 heterocycles. The van der Waals surface area contributed by atoms with E-state index in [1.807, 2.05) is 44.8 Å². The highest BCUT2D eigenvalue weighted by Gasteiger charge is 2.26. The quantitative estimate of drug-likeness (QED) is 0.799. The molecule has 28 heavy (non-hydrogen) atoms. The molecule has 2 aliphatic rings. The van der Waals surface area contributed by atoms with Crippen molar-refractivity contribution in [3.05, 3.63) is 57.3 Å². The molecule has 1 fully saturated rings. The largest absolute Gasteiger partial charge is 0.336 e. The Morgan fingerprint density at radius 3 is 2.32 bits per heavy atom. The number of thiophene rings is 1. The van der Waals surface area contributed by atoms with E-state index in [9.17, 15) is 9.59 Å². The zero-order valence-corrected chi connectivity index (χ0v) is 17.4. The van der Waals surface area contributed by atoms with E-state index in [-0.39, 0.29) is 11.8 Å². The Morgan fingerprint density at radius 2 is 1.64 bits per heavy atom. The van der Waals surface area contributed by atoms with Crippen molar-refractivity contribution in [1.29, 1.82) is 0 Å². The number of carbonyl (C=O) groups excluding carboxylic acids is 2. The third kappa shape index (κ3) is 3.84. The van der Waals surface area contributed by atoms with E-state index in [2.05, 4.69) is 18.7 Å². The van der Waals surface area contributed by atoms with Crippen LogP contribution in [-0.4, -0.2) is 65.3 Å². The Hall–Kier alpha value is -2.18. The average Bonchev–Trinajstić information content (AvgIpc) is 3.27. The summed E-state index contributed by atoms with van der Waals surface area (Å²) >= 11 is 1.55. The normalized spacial score (nSPS) is 17.7. The van der Waals surface area contributed by atoms with E-state index in [0.717, 1.165) is 49.3 Å². The van der Waals surface area contributed by atoms with Crippen molar-refractivity contribution in [3.8, 4) is 0 Å². The Labute approximate surface area is 170 Å². The number of amides is 2. The lowest BCUT2D eigenvalue weighted by Crippen LogP contribution is -2.50. The molecule has 6 heteroatoms. The van der Waals surface area contributed by atoms with E-state index in [4.69, 9.17) is 0 Å². The first kappa shape index (κ1) is 19.2. The molecule has 0 N–H and O–H groups in total. The van der Waals surface area contributed by atoms with E-state index >= 15 is 0 Å². The number of rotatable bonds is 3. The maximum atomic E-state index is 12.9. The third-order valence-corrected chi connectivity index (χ3v) is 6.54. The van der Waals surface area contributed by atoms with Crippen LogP contribution >= 0.6 is 11.3 Å². The summed E-state index contributed by atoms with van der Waals surface area (Å²) in [6.07, 6.45) is 0.799. The van der Waals surface area contributed by atoms with E-state index in [1.54, 1.807) is 11.3 Å². The molecule has 5 nitrogen and oxygen atoms in total. The van der Waals surface area contributed by atoms with Crippen molar-refractivity contribution in [2.24, 2.45) is 0 Å². The molecule has 0 spiro atoms. The summed E-state index contributed by atoms with van der Waals surface area (Å²) in [5.41, 5.74) is 3.88. The molecule has 1 aromatic carbocycles. The molecule has 2 aromatic rings. The molecule has 0 atom stereocenters. The summed E-state index contributed by atoms with van der Waals surface area (Å²) in [7, 11) is 0. The molecule has 2 amide bonds. The zero-order chi connectivity index (χ0) is 19.7. The molecule has 0 aliphatic carbocycles. The van der Waals surface area contributed by atoms with Gasteiger partial charge in [-0.05, 0) is 55.0 Å². The fraction of sp³-hybridized carbons (Fsp3) is 0.455. The van der Waals surface area contributed by atoms with Gasteiger partial charge in [0.05, 0.1) is 5.56 Å². The summed E-state index contributed by atoms with van der Waals surface area (Å²) < 4.78 is 0.